The molecule has 2 aliphatic rings. The number of aryl methyl sites for hydroxylation is 1. The van der Waals surface area contributed by atoms with Crippen LogP contribution in [0, 0.1) is 0 Å². The summed E-state index contributed by atoms with van der Waals surface area (Å²) in [4.78, 5) is 25.3. The SMILES string of the molecule is Cn1cnnc1SC[C@H]1C[C@@H](c2ccc(CO)cc2)O[C@@H](c2cccc(-c3cccc(CNC(=O)[C@@H]4CCCN4C(=O)C(F)(F)F)c3)c2)O1. The summed E-state index contributed by atoms with van der Waals surface area (Å²) in [6.45, 7) is -0.0566. The highest BCUT2D eigenvalue weighted by Gasteiger charge is 2.47. The van der Waals surface area contributed by atoms with E-state index in [0.29, 0.717) is 23.5 Å². The van der Waals surface area contributed by atoms with Gasteiger partial charge in [0.1, 0.15) is 12.4 Å². The molecule has 0 radical (unpaired) electrons. The average Bonchev–Trinajstić information content (AvgIpc) is 3.78. The molecule has 0 bridgehead atoms. The lowest BCUT2D eigenvalue weighted by Crippen LogP contribution is -2.50. The molecule has 4 aromatic rings. The molecular weight excluding hydrogens is 659 g/mol. The first-order valence-corrected chi connectivity index (χ1v) is 16.9. The van der Waals surface area contributed by atoms with E-state index in [0.717, 1.165) is 38.5 Å². The number of carbonyl (C=O) groups excluding carboxylic acids is 2. The Morgan fingerprint density at radius 2 is 1.76 bits per heavy atom. The predicted molar refractivity (Wildman–Crippen MR) is 175 cm³/mol. The van der Waals surface area contributed by atoms with Crippen LogP contribution in [-0.4, -0.2) is 67.2 Å². The maximum atomic E-state index is 13.0. The summed E-state index contributed by atoms with van der Waals surface area (Å²) in [7, 11) is 1.89. The van der Waals surface area contributed by atoms with Crippen molar-refractivity contribution in [3.8, 4) is 11.1 Å². The number of ether oxygens (including phenoxy) is 2. The number of hydrogen-bond donors (Lipinski definition) is 2. The number of aromatic nitrogens is 3. The number of nitrogens with one attached hydrogen (secondary N) is 1. The van der Waals surface area contributed by atoms with Crippen molar-refractivity contribution in [2.75, 3.05) is 12.3 Å². The Balaban J connectivity index is 1.16. The van der Waals surface area contributed by atoms with E-state index >= 15 is 0 Å². The summed E-state index contributed by atoms with van der Waals surface area (Å²) < 4.78 is 54.0. The summed E-state index contributed by atoms with van der Waals surface area (Å²) in [6.07, 6.45) is -3.33. The fourth-order valence-corrected chi connectivity index (χ4v) is 6.98. The van der Waals surface area contributed by atoms with E-state index < -0.39 is 30.3 Å². The van der Waals surface area contributed by atoms with Crippen LogP contribution in [0.2, 0.25) is 0 Å². The van der Waals surface area contributed by atoms with Gasteiger partial charge in [-0.1, -0.05) is 72.4 Å². The van der Waals surface area contributed by atoms with Gasteiger partial charge in [0, 0.05) is 37.9 Å². The molecule has 2 aliphatic heterocycles. The molecule has 1 aromatic heterocycles. The average molecular weight is 696 g/mol. The fraction of sp³-hybridized carbons (Fsp3) is 0.371. The predicted octanol–water partition coefficient (Wildman–Crippen LogP) is 5.48. The number of aliphatic hydroxyl groups is 1. The van der Waals surface area contributed by atoms with Crippen LogP contribution in [0.25, 0.3) is 11.1 Å². The molecule has 6 rings (SSSR count). The Hall–Kier alpha value is -4.24. The number of carbonyl (C=O) groups is 2. The molecule has 4 atom stereocenters. The zero-order valence-corrected chi connectivity index (χ0v) is 27.5. The first kappa shape index (κ1) is 34.6. The van der Waals surface area contributed by atoms with Crippen LogP contribution in [0.4, 0.5) is 13.2 Å². The van der Waals surface area contributed by atoms with Crippen LogP contribution >= 0.6 is 11.8 Å². The van der Waals surface area contributed by atoms with E-state index in [2.05, 4.69) is 15.5 Å². The molecule has 3 aromatic carbocycles. The van der Waals surface area contributed by atoms with Crippen molar-refractivity contribution in [2.24, 2.45) is 7.05 Å². The van der Waals surface area contributed by atoms with Crippen molar-refractivity contribution < 1.29 is 37.3 Å². The van der Waals surface area contributed by atoms with Crippen LogP contribution in [0.15, 0.2) is 84.3 Å². The third-order valence-electron chi connectivity index (χ3n) is 8.63. The molecule has 10 nitrogen and oxygen atoms in total. The van der Waals surface area contributed by atoms with Gasteiger partial charge in [0.05, 0.1) is 18.8 Å². The third kappa shape index (κ3) is 8.32. The Bertz CT molecular complexity index is 1770. The summed E-state index contributed by atoms with van der Waals surface area (Å²) in [5, 5.41) is 21.1. The van der Waals surface area contributed by atoms with Gasteiger partial charge in [-0.25, -0.2) is 0 Å². The van der Waals surface area contributed by atoms with E-state index in [1.807, 2.05) is 84.4 Å². The van der Waals surface area contributed by atoms with Crippen molar-refractivity contribution in [3.63, 3.8) is 0 Å². The van der Waals surface area contributed by atoms with Crippen LogP contribution in [0.3, 0.4) is 0 Å². The second-order valence-electron chi connectivity index (χ2n) is 12.1. The van der Waals surface area contributed by atoms with Gasteiger partial charge in [0.25, 0.3) is 0 Å². The quantitative estimate of drug-likeness (QED) is 0.210. The van der Waals surface area contributed by atoms with Crippen LogP contribution in [-0.2, 0) is 39.3 Å². The zero-order chi connectivity index (χ0) is 34.5. The minimum absolute atomic E-state index is 0.0447. The van der Waals surface area contributed by atoms with Gasteiger partial charge in [-0.3, -0.25) is 9.59 Å². The van der Waals surface area contributed by atoms with E-state index in [-0.39, 0.29) is 38.3 Å². The van der Waals surface area contributed by atoms with Gasteiger partial charge in [-0.15, -0.1) is 10.2 Å². The first-order valence-electron chi connectivity index (χ1n) is 15.9. The third-order valence-corrected chi connectivity index (χ3v) is 9.79. The molecule has 0 saturated carbocycles. The minimum atomic E-state index is -5.02. The Labute approximate surface area is 285 Å². The van der Waals surface area contributed by atoms with E-state index in [1.54, 1.807) is 18.1 Å². The number of likely N-dealkylation sites (tertiary alicyclic amines) is 1. The Morgan fingerprint density at radius 3 is 2.47 bits per heavy atom. The summed E-state index contributed by atoms with van der Waals surface area (Å²) in [6, 6.07) is 21.8. The molecule has 49 heavy (non-hydrogen) atoms. The van der Waals surface area contributed by atoms with Crippen molar-refractivity contribution in [2.45, 2.75) is 68.3 Å². The lowest BCUT2D eigenvalue weighted by atomic mass is 9.99. The molecule has 2 N–H and O–H groups in total. The highest BCUT2D eigenvalue weighted by molar-refractivity contribution is 7.99. The molecular formula is C35H36F3N5O5S. The molecule has 0 unspecified atom stereocenters. The number of benzene rings is 3. The number of aliphatic hydroxyl groups excluding tert-OH is 1. The number of alkyl halides is 3. The standard InChI is InChI=1S/C35H36F3N5O5S/c1-42-21-40-41-34(42)49-20-28-17-30(24-12-10-22(19-44)11-13-24)48-32(47-28)27-8-3-7-26(16-27)25-6-2-5-23(15-25)18-39-31(45)29-9-4-14-43(29)33(46)35(36,37)38/h2-3,5-8,10-13,15-16,21,28-30,32,44H,4,9,14,17-20H2,1H3,(H,39,45)/t28-,29+,30+,32+/m1/s1. The van der Waals surface area contributed by atoms with Gasteiger partial charge in [0.2, 0.25) is 5.91 Å². The molecule has 258 valence electrons. The van der Waals surface area contributed by atoms with Crippen molar-refractivity contribution >= 4 is 23.6 Å². The zero-order valence-electron chi connectivity index (χ0n) is 26.7. The molecule has 2 amide bonds. The number of thioether (sulfide) groups is 1. The largest absolute Gasteiger partial charge is 0.471 e. The van der Waals surface area contributed by atoms with Gasteiger partial charge in [-0.05, 0) is 52.8 Å². The number of hydrogen-bond acceptors (Lipinski definition) is 8. The number of rotatable bonds is 10. The maximum Gasteiger partial charge on any atom is 0.471 e. The van der Waals surface area contributed by atoms with E-state index in [4.69, 9.17) is 9.47 Å². The molecule has 0 aliphatic carbocycles. The maximum absolute atomic E-state index is 13.0. The number of amides is 2. The highest BCUT2D eigenvalue weighted by Crippen LogP contribution is 2.40. The Kier molecular flexibility index (Phi) is 10.7. The van der Waals surface area contributed by atoms with Gasteiger partial charge in [-0.2, -0.15) is 13.2 Å². The number of nitrogens with zero attached hydrogens (tertiary/aromatic N) is 4. The number of halogens is 3. The molecule has 2 saturated heterocycles. The summed E-state index contributed by atoms with van der Waals surface area (Å²) in [5.41, 5.74) is 5.11. The topological polar surface area (TPSA) is 119 Å². The van der Waals surface area contributed by atoms with Crippen LogP contribution in [0.5, 0.6) is 0 Å². The van der Waals surface area contributed by atoms with Crippen LogP contribution in [0.1, 0.15) is 53.9 Å². The van der Waals surface area contributed by atoms with E-state index in [1.165, 1.54) is 0 Å². The van der Waals surface area contributed by atoms with E-state index in [9.17, 15) is 27.9 Å². The summed E-state index contributed by atoms with van der Waals surface area (Å²) in [5.74, 6) is -1.96. The highest BCUT2D eigenvalue weighted by atomic mass is 32.2. The summed E-state index contributed by atoms with van der Waals surface area (Å²) >= 11 is 1.56. The lowest BCUT2D eigenvalue weighted by molar-refractivity contribution is -0.245. The van der Waals surface area contributed by atoms with Gasteiger partial charge >= 0.3 is 12.1 Å². The molecule has 0 spiro atoms. The van der Waals surface area contributed by atoms with Crippen molar-refractivity contribution in [1.82, 2.24) is 25.0 Å². The lowest BCUT2D eigenvalue weighted by Gasteiger charge is -2.36. The molecule has 14 heteroatoms. The fourth-order valence-electron chi connectivity index (χ4n) is 6.07. The second-order valence-corrected chi connectivity index (χ2v) is 13.1. The molecule has 3 heterocycles. The normalized spacial score (nSPS) is 21.1. The van der Waals surface area contributed by atoms with Crippen molar-refractivity contribution in [3.05, 3.63) is 101 Å². The smallest absolute Gasteiger partial charge is 0.392 e. The first-order chi connectivity index (χ1) is 23.6. The Morgan fingerprint density at radius 1 is 1.00 bits per heavy atom. The van der Waals surface area contributed by atoms with Crippen LogP contribution < -0.4 is 5.32 Å². The second kappa shape index (κ2) is 15.1. The molecule has 2 fully saturated rings. The van der Waals surface area contributed by atoms with Gasteiger partial charge in [0.15, 0.2) is 11.4 Å². The monoisotopic (exact) mass is 695 g/mol. The van der Waals surface area contributed by atoms with Gasteiger partial charge < -0.3 is 29.4 Å². The van der Waals surface area contributed by atoms with Crippen molar-refractivity contribution in [1.29, 1.82) is 0 Å². The minimum Gasteiger partial charge on any atom is -0.392 e.